The molecule has 3 unspecified atom stereocenters. The molecule has 2 heterocycles. The summed E-state index contributed by atoms with van der Waals surface area (Å²) in [5.74, 6) is 0.400. The molecule has 0 aromatic heterocycles. The molecule has 3 nitrogen and oxygen atoms in total. The van der Waals surface area contributed by atoms with Crippen molar-refractivity contribution in [1.82, 2.24) is 10.6 Å². The van der Waals surface area contributed by atoms with Crippen molar-refractivity contribution in [3.05, 3.63) is 34.1 Å². The molecule has 3 atom stereocenters. The quantitative estimate of drug-likeness (QED) is 0.758. The van der Waals surface area contributed by atoms with Crippen LogP contribution in [0.3, 0.4) is 0 Å². The van der Waals surface area contributed by atoms with Crippen molar-refractivity contribution in [2.75, 3.05) is 0 Å². The van der Waals surface area contributed by atoms with E-state index in [0.29, 0.717) is 35.3 Å². The Morgan fingerprint density at radius 2 is 2.04 bits per heavy atom. The Kier molecular flexibility index (Phi) is 7.08. The third-order valence-electron chi connectivity index (χ3n) is 4.98. The van der Waals surface area contributed by atoms with E-state index in [1.165, 1.54) is 18.9 Å². The lowest BCUT2D eigenvalue weighted by atomic mass is 9.89. The Morgan fingerprint density at radius 1 is 1.38 bits per heavy atom. The summed E-state index contributed by atoms with van der Waals surface area (Å²) >= 11 is 3.20. The van der Waals surface area contributed by atoms with Crippen molar-refractivity contribution in [1.29, 1.82) is 0 Å². The fraction of sp³-hybridized carbons (Fsp3) is 0.611. The van der Waals surface area contributed by atoms with Crippen LogP contribution in [0.1, 0.15) is 44.6 Å². The summed E-state index contributed by atoms with van der Waals surface area (Å²) in [4.78, 5) is 12.3. The number of piperidine rings is 1. The number of amides is 1. The van der Waals surface area contributed by atoms with Gasteiger partial charge in [0.25, 0.3) is 0 Å². The maximum absolute atomic E-state index is 13.3. The molecule has 0 saturated carbocycles. The molecule has 2 bridgehead atoms. The average molecular weight is 420 g/mol. The summed E-state index contributed by atoms with van der Waals surface area (Å²) in [6.07, 6.45) is 6.12. The first kappa shape index (κ1) is 19.7. The summed E-state index contributed by atoms with van der Waals surface area (Å²) < 4.78 is 13.7. The average Bonchev–Trinajstić information content (AvgIpc) is 2.81. The number of hydrogen-bond donors (Lipinski definition) is 2. The van der Waals surface area contributed by atoms with Crippen LogP contribution in [-0.2, 0) is 11.2 Å². The molecular formula is C18H25BrClFN2O. The zero-order valence-corrected chi connectivity index (χ0v) is 16.3. The van der Waals surface area contributed by atoms with E-state index in [1.807, 2.05) is 6.92 Å². The van der Waals surface area contributed by atoms with Crippen LogP contribution in [0.25, 0.3) is 0 Å². The first-order chi connectivity index (χ1) is 11.0. The van der Waals surface area contributed by atoms with Crippen molar-refractivity contribution in [2.24, 2.45) is 5.92 Å². The third-order valence-corrected chi connectivity index (χ3v) is 5.59. The third kappa shape index (κ3) is 5.17. The number of fused-ring (bicyclic) bond motifs is 2. The minimum Gasteiger partial charge on any atom is -0.353 e. The van der Waals surface area contributed by atoms with Gasteiger partial charge in [-0.25, -0.2) is 4.39 Å². The van der Waals surface area contributed by atoms with Crippen LogP contribution < -0.4 is 10.6 Å². The molecule has 1 aromatic carbocycles. The molecule has 3 rings (SSSR count). The Hall–Kier alpha value is -0.650. The van der Waals surface area contributed by atoms with Gasteiger partial charge in [0.2, 0.25) is 5.91 Å². The molecule has 2 aliphatic rings. The van der Waals surface area contributed by atoms with Crippen molar-refractivity contribution in [2.45, 2.75) is 63.6 Å². The smallest absolute Gasteiger partial charge is 0.220 e. The topological polar surface area (TPSA) is 41.1 Å². The van der Waals surface area contributed by atoms with Crippen LogP contribution in [0.15, 0.2) is 22.7 Å². The zero-order valence-electron chi connectivity index (χ0n) is 13.9. The number of hydrogen-bond acceptors (Lipinski definition) is 2. The second-order valence-electron chi connectivity index (χ2n) is 7.10. The first-order valence-electron chi connectivity index (χ1n) is 8.49. The van der Waals surface area contributed by atoms with Crippen molar-refractivity contribution in [3.63, 3.8) is 0 Å². The predicted molar refractivity (Wildman–Crippen MR) is 99.9 cm³/mol. The van der Waals surface area contributed by atoms with Gasteiger partial charge >= 0.3 is 0 Å². The van der Waals surface area contributed by atoms with E-state index in [-0.39, 0.29) is 30.2 Å². The molecule has 2 N–H and O–H groups in total. The Bertz CT molecular complexity index is 574. The van der Waals surface area contributed by atoms with Crippen LogP contribution >= 0.6 is 28.3 Å². The number of carbonyl (C=O) groups is 1. The highest BCUT2D eigenvalue weighted by Crippen LogP contribution is 2.32. The summed E-state index contributed by atoms with van der Waals surface area (Å²) in [7, 11) is 0. The lowest BCUT2D eigenvalue weighted by Crippen LogP contribution is -2.41. The van der Waals surface area contributed by atoms with E-state index in [1.54, 1.807) is 12.1 Å². The van der Waals surface area contributed by atoms with E-state index < -0.39 is 0 Å². The Labute approximate surface area is 157 Å². The molecule has 2 saturated heterocycles. The summed E-state index contributed by atoms with van der Waals surface area (Å²) in [6.45, 7) is 2.00. The lowest BCUT2D eigenvalue weighted by molar-refractivity contribution is -0.122. The predicted octanol–water partition coefficient (Wildman–Crippen LogP) is 3.98. The van der Waals surface area contributed by atoms with Gasteiger partial charge in [-0.15, -0.1) is 12.4 Å². The largest absolute Gasteiger partial charge is 0.353 e. The second-order valence-corrected chi connectivity index (χ2v) is 7.95. The van der Waals surface area contributed by atoms with Gasteiger partial charge in [0.1, 0.15) is 5.82 Å². The van der Waals surface area contributed by atoms with E-state index >= 15 is 0 Å². The summed E-state index contributed by atoms with van der Waals surface area (Å²) in [6, 6.07) is 6.31. The monoisotopic (exact) mass is 418 g/mol. The van der Waals surface area contributed by atoms with Gasteiger partial charge in [0.05, 0.1) is 4.47 Å². The second kappa shape index (κ2) is 8.63. The number of rotatable bonds is 5. The van der Waals surface area contributed by atoms with Gasteiger partial charge in [-0.2, -0.15) is 0 Å². The summed E-state index contributed by atoms with van der Waals surface area (Å²) in [5.41, 5.74) is 1.02. The van der Waals surface area contributed by atoms with E-state index in [4.69, 9.17) is 0 Å². The molecule has 0 aliphatic carbocycles. The molecule has 2 aliphatic heterocycles. The highest BCUT2D eigenvalue weighted by molar-refractivity contribution is 9.10. The molecule has 0 spiro atoms. The Morgan fingerprint density at radius 3 is 2.67 bits per heavy atom. The van der Waals surface area contributed by atoms with Crippen molar-refractivity contribution in [3.8, 4) is 0 Å². The van der Waals surface area contributed by atoms with E-state index in [9.17, 15) is 9.18 Å². The van der Waals surface area contributed by atoms with Gasteiger partial charge in [-0.3, -0.25) is 4.79 Å². The highest BCUT2D eigenvalue weighted by atomic mass is 79.9. The van der Waals surface area contributed by atoms with Crippen LogP contribution in [0.5, 0.6) is 0 Å². The Balaban J connectivity index is 0.00000208. The number of halogens is 3. The number of benzene rings is 1. The van der Waals surface area contributed by atoms with Crippen molar-refractivity contribution >= 4 is 34.2 Å². The van der Waals surface area contributed by atoms with Gasteiger partial charge in [0.15, 0.2) is 0 Å². The lowest BCUT2D eigenvalue weighted by Gasteiger charge is -2.29. The van der Waals surface area contributed by atoms with E-state index in [0.717, 1.165) is 18.4 Å². The molecule has 6 heteroatoms. The molecule has 1 aromatic rings. The zero-order chi connectivity index (χ0) is 16.4. The van der Waals surface area contributed by atoms with Crippen molar-refractivity contribution < 1.29 is 9.18 Å². The normalized spacial score (nSPS) is 26.5. The molecule has 134 valence electrons. The standard InChI is InChI=1S/C18H24BrFN2O.ClH/c1-11(6-12-2-5-17(20)16(19)9-12)21-18(23)10-13-7-14-3-4-15(8-13)22-14;/h2,5,9,11,13-15,22H,3-4,6-8,10H2,1H3,(H,21,23);1H. The van der Waals surface area contributed by atoms with Crippen LogP contribution in [0.2, 0.25) is 0 Å². The first-order valence-corrected chi connectivity index (χ1v) is 9.28. The maximum atomic E-state index is 13.3. The highest BCUT2D eigenvalue weighted by Gasteiger charge is 2.34. The van der Waals surface area contributed by atoms with Gasteiger partial charge in [-0.05, 0) is 78.6 Å². The summed E-state index contributed by atoms with van der Waals surface area (Å²) in [5, 5.41) is 6.70. The van der Waals surface area contributed by atoms with Crippen LogP contribution in [0, 0.1) is 11.7 Å². The SMILES string of the molecule is CC(Cc1ccc(F)c(Br)c1)NC(=O)CC1CC2CCC(C1)N2.Cl. The molecule has 1 amide bonds. The maximum Gasteiger partial charge on any atom is 0.220 e. The van der Waals surface area contributed by atoms with Gasteiger partial charge in [0, 0.05) is 24.5 Å². The number of carbonyl (C=O) groups excluding carboxylic acids is 1. The minimum absolute atomic E-state index is 0. The van der Waals surface area contributed by atoms with Crippen LogP contribution in [-0.4, -0.2) is 24.0 Å². The molecule has 24 heavy (non-hydrogen) atoms. The fourth-order valence-corrected chi connectivity index (χ4v) is 4.44. The van der Waals surface area contributed by atoms with Gasteiger partial charge < -0.3 is 10.6 Å². The molecular weight excluding hydrogens is 395 g/mol. The fourth-order valence-electron chi connectivity index (χ4n) is 4.01. The van der Waals surface area contributed by atoms with Gasteiger partial charge in [-0.1, -0.05) is 6.07 Å². The van der Waals surface area contributed by atoms with Crippen LogP contribution in [0.4, 0.5) is 4.39 Å². The number of nitrogens with one attached hydrogen (secondary N) is 2. The molecule has 2 fully saturated rings. The minimum atomic E-state index is -0.258. The van der Waals surface area contributed by atoms with E-state index in [2.05, 4.69) is 26.6 Å². The molecule has 0 radical (unpaired) electrons.